The van der Waals surface area contributed by atoms with Gasteiger partial charge in [-0.3, -0.25) is 9.59 Å². The Labute approximate surface area is 154 Å². The zero-order chi connectivity index (χ0) is 18.8. The van der Waals surface area contributed by atoms with E-state index in [9.17, 15) is 9.59 Å². The predicted molar refractivity (Wildman–Crippen MR) is 103 cm³/mol. The highest BCUT2D eigenvalue weighted by Gasteiger charge is 2.36. The fourth-order valence-corrected chi connectivity index (χ4v) is 3.25. The molecule has 1 N–H and O–H groups in total. The van der Waals surface area contributed by atoms with E-state index in [0.717, 1.165) is 28.1 Å². The molecule has 1 aliphatic rings. The number of ether oxygens (including phenoxy) is 1. The molecule has 1 heterocycles. The van der Waals surface area contributed by atoms with Crippen molar-refractivity contribution in [3.05, 3.63) is 53.1 Å². The molecule has 5 nitrogen and oxygen atoms in total. The molecule has 1 saturated heterocycles. The van der Waals surface area contributed by atoms with E-state index in [1.807, 2.05) is 57.2 Å². The Balaban J connectivity index is 1.78. The Morgan fingerprint density at radius 2 is 1.96 bits per heavy atom. The molecular formula is C21H24N2O3. The summed E-state index contributed by atoms with van der Waals surface area (Å²) in [6, 6.07) is 11.5. The van der Waals surface area contributed by atoms with Crippen molar-refractivity contribution in [1.82, 2.24) is 0 Å². The minimum Gasteiger partial charge on any atom is -0.495 e. The van der Waals surface area contributed by atoms with Crippen molar-refractivity contribution in [2.75, 3.05) is 23.9 Å². The molecule has 0 unspecified atom stereocenters. The average Bonchev–Trinajstić information content (AvgIpc) is 3.00. The van der Waals surface area contributed by atoms with Gasteiger partial charge < -0.3 is 15.0 Å². The highest BCUT2D eigenvalue weighted by Crippen LogP contribution is 2.34. The van der Waals surface area contributed by atoms with Crippen molar-refractivity contribution in [2.24, 2.45) is 5.92 Å². The maximum atomic E-state index is 12.7. The molecule has 136 valence electrons. The van der Waals surface area contributed by atoms with E-state index in [2.05, 4.69) is 5.32 Å². The second kappa shape index (κ2) is 7.20. The SMILES string of the molecule is COc1ccc(C)cc1N1C[C@@H](C(=O)Nc2cccc(C)c2C)CC1=O. The summed E-state index contributed by atoms with van der Waals surface area (Å²) in [4.78, 5) is 26.9. The molecule has 26 heavy (non-hydrogen) atoms. The van der Waals surface area contributed by atoms with Crippen LogP contribution in [0.15, 0.2) is 36.4 Å². The van der Waals surface area contributed by atoms with Gasteiger partial charge in [0.15, 0.2) is 0 Å². The molecule has 0 radical (unpaired) electrons. The van der Waals surface area contributed by atoms with Crippen molar-refractivity contribution in [1.29, 1.82) is 0 Å². The summed E-state index contributed by atoms with van der Waals surface area (Å²) in [6.07, 6.45) is 0.202. The third kappa shape index (κ3) is 3.43. The van der Waals surface area contributed by atoms with Crippen molar-refractivity contribution in [3.8, 4) is 5.75 Å². The standard InChI is InChI=1S/C21H24N2O3/c1-13-8-9-19(26-4)18(10-13)23-12-16(11-20(23)24)21(25)22-17-7-5-6-14(2)15(17)3/h5-10,16H,11-12H2,1-4H3,(H,22,25)/t16-/m0/s1. The fourth-order valence-electron chi connectivity index (χ4n) is 3.25. The first-order chi connectivity index (χ1) is 12.4. The fraction of sp³-hybridized carbons (Fsp3) is 0.333. The maximum Gasteiger partial charge on any atom is 0.229 e. The van der Waals surface area contributed by atoms with Crippen LogP contribution in [0.25, 0.3) is 0 Å². The quantitative estimate of drug-likeness (QED) is 0.914. The maximum absolute atomic E-state index is 12.7. The number of benzene rings is 2. The number of rotatable bonds is 4. The van der Waals surface area contributed by atoms with Gasteiger partial charge in [0.25, 0.3) is 0 Å². The molecule has 1 fully saturated rings. The number of carbonyl (C=O) groups is 2. The van der Waals surface area contributed by atoms with Crippen LogP contribution in [-0.2, 0) is 9.59 Å². The molecule has 0 saturated carbocycles. The van der Waals surface area contributed by atoms with Crippen LogP contribution in [-0.4, -0.2) is 25.5 Å². The predicted octanol–water partition coefficient (Wildman–Crippen LogP) is 3.61. The minimum atomic E-state index is -0.382. The molecule has 0 aromatic heterocycles. The molecule has 3 rings (SSSR count). The number of methoxy groups -OCH3 is 1. The van der Waals surface area contributed by atoms with Gasteiger partial charge in [0, 0.05) is 18.7 Å². The topological polar surface area (TPSA) is 58.6 Å². The van der Waals surface area contributed by atoms with E-state index in [4.69, 9.17) is 4.74 Å². The number of aryl methyl sites for hydroxylation is 2. The Morgan fingerprint density at radius 1 is 1.19 bits per heavy atom. The van der Waals surface area contributed by atoms with E-state index in [1.165, 1.54) is 0 Å². The first-order valence-corrected chi connectivity index (χ1v) is 8.72. The van der Waals surface area contributed by atoms with Crippen LogP contribution in [0, 0.1) is 26.7 Å². The second-order valence-corrected chi connectivity index (χ2v) is 6.82. The minimum absolute atomic E-state index is 0.0602. The average molecular weight is 352 g/mol. The monoisotopic (exact) mass is 352 g/mol. The van der Waals surface area contributed by atoms with Gasteiger partial charge in [-0.1, -0.05) is 18.2 Å². The Kier molecular flexibility index (Phi) is 4.98. The lowest BCUT2D eigenvalue weighted by Crippen LogP contribution is -2.28. The van der Waals surface area contributed by atoms with Crippen molar-refractivity contribution >= 4 is 23.2 Å². The van der Waals surface area contributed by atoms with Gasteiger partial charge in [-0.25, -0.2) is 0 Å². The molecule has 0 spiro atoms. The van der Waals surface area contributed by atoms with E-state index in [1.54, 1.807) is 12.0 Å². The smallest absolute Gasteiger partial charge is 0.229 e. The number of carbonyl (C=O) groups excluding carboxylic acids is 2. The number of anilines is 2. The molecule has 2 amide bonds. The van der Waals surface area contributed by atoms with Crippen molar-refractivity contribution in [2.45, 2.75) is 27.2 Å². The Bertz CT molecular complexity index is 860. The third-order valence-corrected chi connectivity index (χ3v) is 4.98. The number of hydrogen-bond donors (Lipinski definition) is 1. The molecule has 0 aliphatic carbocycles. The first-order valence-electron chi connectivity index (χ1n) is 8.72. The van der Waals surface area contributed by atoms with Crippen LogP contribution < -0.4 is 15.0 Å². The van der Waals surface area contributed by atoms with Crippen LogP contribution in [0.1, 0.15) is 23.1 Å². The lowest BCUT2D eigenvalue weighted by atomic mass is 10.1. The lowest BCUT2D eigenvalue weighted by molar-refractivity contribution is -0.122. The van der Waals surface area contributed by atoms with Gasteiger partial charge in [-0.2, -0.15) is 0 Å². The third-order valence-electron chi connectivity index (χ3n) is 4.98. The largest absolute Gasteiger partial charge is 0.495 e. The normalized spacial score (nSPS) is 16.7. The molecule has 2 aromatic carbocycles. The summed E-state index contributed by atoms with van der Waals surface area (Å²) < 4.78 is 5.39. The zero-order valence-electron chi connectivity index (χ0n) is 15.6. The molecular weight excluding hydrogens is 328 g/mol. The number of hydrogen-bond acceptors (Lipinski definition) is 3. The van der Waals surface area contributed by atoms with Crippen LogP contribution in [0.2, 0.25) is 0 Å². The van der Waals surface area contributed by atoms with Gasteiger partial charge in [0.1, 0.15) is 5.75 Å². The molecule has 2 aromatic rings. The van der Waals surface area contributed by atoms with Crippen LogP contribution >= 0.6 is 0 Å². The highest BCUT2D eigenvalue weighted by molar-refractivity contribution is 6.04. The number of amides is 2. The molecule has 0 bridgehead atoms. The van der Waals surface area contributed by atoms with E-state index < -0.39 is 0 Å². The van der Waals surface area contributed by atoms with E-state index in [-0.39, 0.29) is 24.2 Å². The summed E-state index contributed by atoms with van der Waals surface area (Å²) in [5, 5.41) is 2.98. The summed E-state index contributed by atoms with van der Waals surface area (Å²) in [6.45, 7) is 6.31. The van der Waals surface area contributed by atoms with E-state index in [0.29, 0.717) is 12.3 Å². The number of nitrogens with zero attached hydrogens (tertiary/aromatic N) is 1. The molecule has 5 heteroatoms. The summed E-state index contributed by atoms with van der Waals surface area (Å²) in [5.41, 5.74) is 4.73. The van der Waals surface area contributed by atoms with E-state index >= 15 is 0 Å². The first kappa shape index (κ1) is 18.0. The Morgan fingerprint density at radius 3 is 2.69 bits per heavy atom. The molecule has 1 aliphatic heterocycles. The van der Waals surface area contributed by atoms with Gasteiger partial charge in [0.2, 0.25) is 11.8 Å². The Hall–Kier alpha value is -2.82. The van der Waals surface area contributed by atoms with Gasteiger partial charge in [0.05, 0.1) is 18.7 Å². The zero-order valence-corrected chi connectivity index (χ0v) is 15.6. The van der Waals surface area contributed by atoms with Crippen LogP contribution in [0.4, 0.5) is 11.4 Å². The van der Waals surface area contributed by atoms with Gasteiger partial charge in [-0.05, 0) is 55.7 Å². The summed E-state index contributed by atoms with van der Waals surface area (Å²) in [7, 11) is 1.58. The van der Waals surface area contributed by atoms with Gasteiger partial charge >= 0.3 is 0 Å². The number of nitrogens with one attached hydrogen (secondary N) is 1. The summed E-state index contributed by atoms with van der Waals surface area (Å²) >= 11 is 0. The summed E-state index contributed by atoms with van der Waals surface area (Å²) in [5.74, 6) is 0.0725. The van der Waals surface area contributed by atoms with Gasteiger partial charge in [-0.15, -0.1) is 0 Å². The van der Waals surface area contributed by atoms with Crippen molar-refractivity contribution in [3.63, 3.8) is 0 Å². The second-order valence-electron chi connectivity index (χ2n) is 6.82. The lowest BCUT2D eigenvalue weighted by Gasteiger charge is -2.20. The molecule has 1 atom stereocenters. The van der Waals surface area contributed by atoms with Crippen LogP contribution in [0.3, 0.4) is 0 Å². The van der Waals surface area contributed by atoms with Crippen LogP contribution in [0.5, 0.6) is 5.75 Å². The highest BCUT2D eigenvalue weighted by atomic mass is 16.5. The van der Waals surface area contributed by atoms with Crippen molar-refractivity contribution < 1.29 is 14.3 Å².